The minimum Gasteiger partial charge on any atom is -0.378 e. The number of nitro benzene ring substituents is 1. The maximum atomic E-state index is 10.9. The number of nitro groups is 1. The first-order valence-electron chi connectivity index (χ1n) is 5.60. The Morgan fingerprint density at radius 1 is 1.47 bits per heavy atom. The van der Waals surface area contributed by atoms with E-state index < -0.39 is 4.92 Å². The molecule has 2 rings (SSSR count). The van der Waals surface area contributed by atoms with E-state index in [1.807, 2.05) is 30.5 Å². The number of rotatable bonds is 4. The Labute approximate surface area is 114 Å². The summed E-state index contributed by atoms with van der Waals surface area (Å²) < 4.78 is 0. The van der Waals surface area contributed by atoms with Crippen LogP contribution >= 0.6 is 11.3 Å². The summed E-state index contributed by atoms with van der Waals surface area (Å²) in [4.78, 5) is 11.5. The zero-order chi connectivity index (χ0) is 13.8. The van der Waals surface area contributed by atoms with Crippen molar-refractivity contribution in [3.05, 3.63) is 56.3 Å². The van der Waals surface area contributed by atoms with Gasteiger partial charge in [-0.25, -0.2) is 0 Å². The van der Waals surface area contributed by atoms with Gasteiger partial charge in [-0.3, -0.25) is 10.1 Å². The maximum absolute atomic E-state index is 10.9. The van der Waals surface area contributed by atoms with Crippen LogP contribution in [0.3, 0.4) is 0 Å². The predicted molar refractivity (Wildman–Crippen MR) is 74.2 cm³/mol. The Morgan fingerprint density at radius 3 is 2.84 bits per heavy atom. The Kier molecular flexibility index (Phi) is 3.78. The number of thiophene rings is 1. The molecular weight excluding hydrogens is 262 g/mol. The fraction of sp³-hybridized carbons (Fsp3) is 0.154. The first kappa shape index (κ1) is 13.1. The van der Waals surface area contributed by atoms with Crippen LogP contribution in [0.25, 0.3) is 0 Å². The van der Waals surface area contributed by atoms with Gasteiger partial charge in [-0.1, -0.05) is 6.07 Å². The molecule has 0 radical (unpaired) electrons. The highest BCUT2D eigenvalue weighted by Gasteiger charge is 2.15. The standard InChI is InChI=1S/C13H11N3O2S/c1-9(13-3-2-6-19-13)15-11-5-4-10(8-14)12(7-11)16(17)18/h2-7,9,15H,1H3. The summed E-state index contributed by atoms with van der Waals surface area (Å²) in [6.07, 6.45) is 0. The molecule has 1 atom stereocenters. The Hall–Kier alpha value is -2.39. The molecule has 0 aliphatic heterocycles. The third-order valence-electron chi connectivity index (χ3n) is 2.67. The van der Waals surface area contributed by atoms with Gasteiger partial charge in [0, 0.05) is 16.6 Å². The van der Waals surface area contributed by atoms with Crippen molar-refractivity contribution in [3.8, 4) is 6.07 Å². The van der Waals surface area contributed by atoms with Gasteiger partial charge < -0.3 is 5.32 Å². The van der Waals surface area contributed by atoms with E-state index in [4.69, 9.17) is 5.26 Å². The molecule has 1 aromatic heterocycles. The van der Waals surface area contributed by atoms with E-state index >= 15 is 0 Å². The molecule has 19 heavy (non-hydrogen) atoms. The van der Waals surface area contributed by atoms with E-state index in [9.17, 15) is 10.1 Å². The highest BCUT2D eigenvalue weighted by Crippen LogP contribution is 2.27. The number of hydrogen-bond acceptors (Lipinski definition) is 5. The third kappa shape index (κ3) is 2.89. The lowest BCUT2D eigenvalue weighted by atomic mass is 10.1. The Bertz CT molecular complexity index is 632. The molecule has 6 heteroatoms. The van der Waals surface area contributed by atoms with Crippen molar-refractivity contribution in [1.82, 2.24) is 0 Å². The van der Waals surface area contributed by atoms with Gasteiger partial charge in [0.1, 0.15) is 11.6 Å². The van der Waals surface area contributed by atoms with Crippen LogP contribution in [0.2, 0.25) is 0 Å². The van der Waals surface area contributed by atoms with Gasteiger partial charge in [0.15, 0.2) is 0 Å². The highest BCUT2D eigenvalue weighted by atomic mass is 32.1. The molecule has 1 heterocycles. The number of hydrogen-bond donors (Lipinski definition) is 1. The fourth-order valence-corrected chi connectivity index (χ4v) is 2.46. The number of nitriles is 1. The van der Waals surface area contributed by atoms with E-state index in [1.54, 1.807) is 17.4 Å². The average Bonchev–Trinajstić information content (AvgIpc) is 2.92. The molecule has 1 N–H and O–H groups in total. The van der Waals surface area contributed by atoms with Gasteiger partial charge in [-0.05, 0) is 30.5 Å². The zero-order valence-corrected chi connectivity index (χ0v) is 11.0. The Morgan fingerprint density at radius 2 is 2.26 bits per heavy atom. The molecule has 0 amide bonds. The van der Waals surface area contributed by atoms with Crippen LogP contribution in [0.1, 0.15) is 23.4 Å². The van der Waals surface area contributed by atoms with Crippen LogP contribution in [-0.2, 0) is 0 Å². The molecule has 0 aliphatic carbocycles. The van der Waals surface area contributed by atoms with E-state index in [2.05, 4.69) is 5.32 Å². The monoisotopic (exact) mass is 273 g/mol. The molecule has 0 spiro atoms. The fourth-order valence-electron chi connectivity index (χ4n) is 1.73. The lowest BCUT2D eigenvalue weighted by molar-refractivity contribution is -0.385. The minimum absolute atomic E-state index is 0.0625. The number of benzene rings is 1. The lowest BCUT2D eigenvalue weighted by Crippen LogP contribution is -2.05. The predicted octanol–water partition coefficient (Wildman–Crippen LogP) is 3.70. The molecule has 1 aromatic carbocycles. The first-order chi connectivity index (χ1) is 9.11. The highest BCUT2D eigenvalue weighted by molar-refractivity contribution is 7.10. The molecule has 1 unspecified atom stereocenters. The Balaban J connectivity index is 2.25. The SMILES string of the molecule is CC(Nc1ccc(C#N)c([N+](=O)[O-])c1)c1cccs1. The van der Waals surface area contributed by atoms with Crippen molar-refractivity contribution in [3.63, 3.8) is 0 Å². The second-order valence-corrected chi connectivity index (χ2v) is 4.96. The molecule has 0 saturated carbocycles. The van der Waals surface area contributed by atoms with Crippen LogP contribution in [0.4, 0.5) is 11.4 Å². The summed E-state index contributed by atoms with van der Waals surface area (Å²) in [5.74, 6) is 0. The van der Waals surface area contributed by atoms with Crippen molar-refractivity contribution < 1.29 is 4.92 Å². The minimum atomic E-state index is -0.542. The maximum Gasteiger partial charge on any atom is 0.289 e. The van der Waals surface area contributed by atoms with Gasteiger partial charge >= 0.3 is 0 Å². The van der Waals surface area contributed by atoms with Crippen molar-refractivity contribution in [1.29, 1.82) is 5.26 Å². The van der Waals surface area contributed by atoms with Crippen LogP contribution in [-0.4, -0.2) is 4.92 Å². The van der Waals surface area contributed by atoms with Crippen molar-refractivity contribution in [2.45, 2.75) is 13.0 Å². The second-order valence-electron chi connectivity index (χ2n) is 3.98. The molecule has 96 valence electrons. The van der Waals surface area contributed by atoms with Crippen LogP contribution in [0.5, 0.6) is 0 Å². The van der Waals surface area contributed by atoms with Crippen molar-refractivity contribution >= 4 is 22.7 Å². The number of anilines is 1. The molecule has 0 aliphatic rings. The average molecular weight is 273 g/mol. The normalized spacial score (nSPS) is 11.6. The summed E-state index contributed by atoms with van der Waals surface area (Å²) >= 11 is 1.62. The first-order valence-corrected chi connectivity index (χ1v) is 6.48. The molecule has 0 fully saturated rings. The lowest BCUT2D eigenvalue weighted by Gasteiger charge is -2.13. The quantitative estimate of drug-likeness (QED) is 0.680. The largest absolute Gasteiger partial charge is 0.378 e. The summed E-state index contributed by atoms with van der Waals surface area (Å²) in [5.41, 5.74) is 0.525. The molecule has 0 saturated heterocycles. The summed E-state index contributed by atoms with van der Waals surface area (Å²) in [6.45, 7) is 1.98. The van der Waals surface area contributed by atoms with E-state index in [1.165, 1.54) is 12.1 Å². The van der Waals surface area contributed by atoms with Gasteiger partial charge in [-0.2, -0.15) is 5.26 Å². The van der Waals surface area contributed by atoms with E-state index in [0.717, 1.165) is 4.88 Å². The van der Waals surface area contributed by atoms with Crippen LogP contribution in [0.15, 0.2) is 35.7 Å². The van der Waals surface area contributed by atoms with Gasteiger partial charge in [-0.15, -0.1) is 11.3 Å². The molecular formula is C13H11N3O2S. The second kappa shape index (κ2) is 5.50. The van der Waals surface area contributed by atoms with Gasteiger partial charge in [0.25, 0.3) is 5.69 Å². The topological polar surface area (TPSA) is 79.0 Å². The molecule has 0 bridgehead atoms. The number of nitrogens with zero attached hydrogens (tertiary/aromatic N) is 2. The van der Waals surface area contributed by atoms with Gasteiger partial charge in [0.05, 0.1) is 11.0 Å². The van der Waals surface area contributed by atoms with Gasteiger partial charge in [0.2, 0.25) is 0 Å². The molecule has 2 aromatic rings. The van der Waals surface area contributed by atoms with Crippen LogP contribution in [0, 0.1) is 21.4 Å². The zero-order valence-electron chi connectivity index (χ0n) is 10.2. The number of nitrogens with one attached hydrogen (secondary N) is 1. The van der Waals surface area contributed by atoms with Crippen molar-refractivity contribution in [2.24, 2.45) is 0 Å². The summed E-state index contributed by atoms with van der Waals surface area (Å²) in [5, 5.41) is 24.9. The third-order valence-corrected chi connectivity index (χ3v) is 3.72. The van der Waals surface area contributed by atoms with Crippen molar-refractivity contribution in [2.75, 3.05) is 5.32 Å². The van der Waals surface area contributed by atoms with E-state index in [0.29, 0.717) is 5.69 Å². The summed E-state index contributed by atoms with van der Waals surface area (Å²) in [7, 11) is 0. The molecule has 5 nitrogen and oxygen atoms in total. The van der Waals surface area contributed by atoms with Crippen LogP contribution < -0.4 is 5.32 Å². The summed E-state index contributed by atoms with van der Waals surface area (Å²) in [6, 6.07) is 10.4. The van der Waals surface area contributed by atoms with E-state index in [-0.39, 0.29) is 17.3 Å². The smallest absolute Gasteiger partial charge is 0.289 e.